The molecule has 0 aliphatic rings. The molecule has 4 rings (SSSR count). The Morgan fingerprint density at radius 3 is 1.29 bits per heavy atom. The number of aliphatic hydroxyl groups is 2. The molecule has 0 aromatic heterocycles. The number of ketones is 2. The highest BCUT2D eigenvalue weighted by molar-refractivity contribution is 5.95. The van der Waals surface area contributed by atoms with E-state index in [0.717, 1.165) is 17.1 Å². The molecule has 0 fully saturated rings. The lowest BCUT2D eigenvalue weighted by molar-refractivity contribution is -0.117. The molecule has 0 aliphatic heterocycles. The third kappa shape index (κ3) is 6.60. The molecule has 3 atom stereocenters. The zero-order valence-electron chi connectivity index (χ0n) is 23.2. The van der Waals surface area contributed by atoms with Gasteiger partial charge >= 0.3 is 0 Å². The number of hydrogen-bond donors (Lipinski definition) is 2. The Balaban J connectivity index is 1.73. The van der Waals surface area contributed by atoms with Gasteiger partial charge in [-0.1, -0.05) is 86.8 Å². The molecular weight excluding hydrogens is 510 g/mol. The van der Waals surface area contributed by atoms with E-state index in [1.807, 2.05) is 66.7 Å². The van der Waals surface area contributed by atoms with E-state index in [1.54, 1.807) is 0 Å². The van der Waals surface area contributed by atoms with Crippen LogP contribution in [0.25, 0.3) is 0 Å². The van der Waals surface area contributed by atoms with Crippen molar-refractivity contribution in [2.75, 3.05) is 18.1 Å². The maximum absolute atomic E-state index is 12.2. The summed E-state index contributed by atoms with van der Waals surface area (Å²) in [5, 5.41) is 19.6. The second-order valence-electron chi connectivity index (χ2n) is 9.93. The van der Waals surface area contributed by atoms with Crippen molar-refractivity contribution in [3.63, 3.8) is 0 Å². The number of benzene rings is 4. The van der Waals surface area contributed by atoms with Crippen LogP contribution in [0.1, 0.15) is 46.9 Å². The lowest BCUT2D eigenvalue weighted by Crippen LogP contribution is -2.15. The number of nitrogens with zero attached hydrogens (tertiary/aromatic N) is 1. The van der Waals surface area contributed by atoms with Crippen molar-refractivity contribution in [1.82, 2.24) is 0 Å². The average Bonchev–Trinajstić information content (AvgIpc) is 3.03. The van der Waals surface area contributed by atoms with E-state index < -0.39 is 11.8 Å². The van der Waals surface area contributed by atoms with Crippen LogP contribution in [0.5, 0.6) is 0 Å². The molecule has 41 heavy (non-hydrogen) atoms. The summed E-state index contributed by atoms with van der Waals surface area (Å²) in [5.41, 5.74) is 6.48. The highest BCUT2D eigenvalue weighted by Gasteiger charge is 2.21. The number of rotatable bonds is 13. The van der Waals surface area contributed by atoms with Crippen molar-refractivity contribution in [2.24, 2.45) is 0 Å². The van der Waals surface area contributed by atoms with Crippen molar-refractivity contribution in [3.8, 4) is 0 Å². The van der Waals surface area contributed by atoms with Gasteiger partial charge in [0, 0.05) is 23.0 Å². The number of anilines is 3. The second kappa shape index (κ2) is 13.7. The third-order valence-corrected chi connectivity index (χ3v) is 7.51. The second-order valence-corrected chi connectivity index (χ2v) is 9.93. The lowest BCUT2D eigenvalue weighted by Gasteiger charge is -2.27. The predicted molar refractivity (Wildman–Crippen MR) is 165 cm³/mol. The van der Waals surface area contributed by atoms with Gasteiger partial charge in [0.25, 0.3) is 0 Å². The van der Waals surface area contributed by atoms with Gasteiger partial charge in [-0.2, -0.15) is 0 Å². The van der Waals surface area contributed by atoms with Crippen molar-refractivity contribution < 1.29 is 19.8 Å². The Labute approximate surface area is 241 Å². The minimum Gasteiger partial charge on any atom is -0.395 e. The fraction of sp³-hybridized carbons (Fsp3) is 0.167. The summed E-state index contributed by atoms with van der Waals surface area (Å²) in [6.07, 6.45) is 2.47. The maximum atomic E-state index is 12.2. The van der Waals surface area contributed by atoms with Gasteiger partial charge in [-0.3, -0.25) is 9.59 Å². The molecule has 4 aromatic rings. The van der Waals surface area contributed by atoms with Crippen molar-refractivity contribution in [3.05, 3.63) is 151 Å². The fourth-order valence-corrected chi connectivity index (χ4v) is 5.01. The summed E-state index contributed by atoms with van der Waals surface area (Å²) >= 11 is 0. The van der Waals surface area contributed by atoms with Crippen LogP contribution in [0.3, 0.4) is 0 Å². The highest BCUT2D eigenvalue weighted by Crippen LogP contribution is 2.37. The molecule has 0 heterocycles. The summed E-state index contributed by atoms with van der Waals surface area (Å²) in [7, 11) is 0. The number of hydrogen-bond acceptors (Lipinski definition) is 5. The molecule has 3 unspecified atom stereocenters. The van der Waals surface area contributed by atoms with Gasteiger partial charge in [0.2, 0.25) is 0 Å². The lowest BCUT2D eigenvalue weighted by atomic mass is 9.93. The standard InChI is InChI=1S/C36H35NO4/c1-4-35(40)33(23-38)28-13-19-31(20-14-28)37(32-21-15-29(16-22-32)34(24-39)36(41)5-2)30-17-11-27(12-18-30)25(3)26-9-7-6-8-10-26/h4-22,25,33-34,38-39H,1-2,23-24H2,3H3. The Bertz CT molecular complexity index is 1400. The third-order valence-electron chi connectivity index (χ3n) is 7.51. The minimum absolute atomic E-state index is 0.230. The molecular formula is C36H35NO4. The van der Waals surface area contributed by atoms with Gasteiger partial charge in [0.1, 0.15) is 0 Å². The normalized spacial score (nSPS) is 13.0. The smallest absolute Gasteiger partial charge is 0.164 e. The molecule has 4 aromatic carbocycles. The van der Waals surface area contributed by atoms with Gasteiger partial charge in [0.15, 0.2) is 11.6 Å². The molecule has 0 spiro atoms. The van der Waals surface area contributed by atoms with Crippen molar-refractivity contribution >= 4 is 28.6 Å². The van der Waals surface area contributed by atoms with E-state index in [1.165, 1.54) is 23.3 Å². The summed E-state index contributed by atoms with van der Waals surface area (Å²) in [6.45, 7) is 8.68. The van der Waals surface area contributed by atoms with E-state index >= 15 is 0 Å². The monoisotopic (exact) mass is 545 g/mol. The van der Waals surface area contributed by atoms with E-state index in [-0.39, 0.29) is 30.7 Å². The molecule has 0 aliphatic carbocycles. The van der Waals surface area contributed by atoms with Gasteiger partial charge in [-0.15, -0.1) is 0 Å². The van der Waals surface area contributed by atoms with Gasteiger partial charge < -0.3 is 15.1 Å². The van der Waals surface area contributed by atoms with Crippen molar-refractivity contribution in [1.29, 1.82) is 0 Å². The molecule has 0 radical (unpaired) electrons. The summed E-state index contributed by atoms with van der Waals surface area (Å²) in [4.78, 5) is 26.6. The first-order valence-corrected chi connectivity index (χ1v) is 13.6. The highest BCUT2D eigenvalue weighted by atomic mass is 16.3. The summed E-state index contributed by atoms with van der Waals surface area (Å²) in [5.74, 6) is -1.56. The van der Waals surface area contributed by atoms with Gasteiger partial charge in [-0.25, -0.2) is 0 Å². The predicted octanol–water partition coefficient (Wildman–Crippen LogP) is 6.97. The zero-order valence-corrected chi connectivity index (χ0v) is 23.2. The summed E-state index contributed by atoms with van der Waals surface area (Å²) < 4.78 is 0. The fourth-order valence-electron chi connectivity index (χ4n) is 5.01. The molecule has 208 valence electrons. The maximum Gasteiger partial charge on any atom is 0.164 e. The number of aliphatic hydroxyl groups excluding tert-OH is 2. The molecule has 5 nitrogen and oxygen atoms in total. The number of allylic oxidation sites excluding steroid dienone is 2. The Kier molecular flexibility index (Phi) is 9.80. The van der Waals surface area contributed by atoms with Crippen LogP contribution in [0.4, 0.5) is 17.1 Å². The molecule has 0 saturated carbocycles. The number of carbonyl (C=O) groups excluding carboxylic acids is 2. The first-order chi connectivity index (χ1) is 19.9. The van der Waals surface area contributed by atoms with Crippen LogP contribution in [0.2, 0.25) is 0 Å². The van der Waals surface area contributed by atoms with E-state index in [4.69, 9.17) is 0 Å². The van der Waals surface area contributed by atoms with Crippen LogP contribution in [0, 0.1) is 0 Å². The minimum atomic E-state index is -0.661. The zero-order chi connectivity index (χ0) is 29.4. The molecule has 5 heteroatoms. The Morgan fingerprint density at radius 1 is 0.610 bits per heavy atom. The molecule has 0 amide bonds. The van der Waals surface area contributed by atoms with Crippen LogP contribution in [-0.4, -0.2) is 35.0 Å². The molecule has 0 saturated heterocycles. The van der Waals surface area contributed by atoms with E-state index in [0.29, 0.717) is 11.1 Å². The van der Waals surface area contributed by atoms with E-state index in [2.05, 4.69) is 61.4 Å². The van der Waals surface area contributed by atoms with Crippen LogP contribution >= 0.6 is 0 Å². The largest absolute Gasteiger partial charge is 0.395 e. The topological polar surface area (TPSA) is 77.8 Å². The number of carbonyl (C=O) groups is 2. The molecule has 0 bridgehead atoms. The summed E-state index contributed by atoms with van der Waals surface area (Å²) in [6, 6.07) is 33.8. The SMILES string of the molecule is C=CC(=O)C(CO)c1ccc(N(c2ccc(C(CO)C(=O)C=C)cc2)c2ccc(C(C)c3ccccc3)cc2)cc1. The van der Waals surface area contributed by atoms with Crippen LogP contribution in [-0.2, 0) is 9.59 Å². The van der Waals surface area contributed by atoms with Gasteiger partial charge in [0.05, 0.1) is 25.0 Å². The van der Waals surface area contributed by atoms with Crippen LogP contribution < -0.4 is 4.90 Å². The Hall–Kier alpha value is -4.58. The molecule has 2 N–H and O–H groups in total. The Morgan fingerprint density at radius 2 is 0.951 bits per heavy atom. The van der Waals surface area contributed by atoms with Crippen molar-refractivity contribution in [2.45, 2.75) is 24.7 Å². The van der Waals surface area contributed by atoms with Gasteiger partial charge in [-0.05, 0) is 70.8 Å². The van der Waals surface area contributed by atoms with E-state index in [9.17, 15) is 19.8 Å². The van der Waals surface area contributed by atoms with Crippen LogP contribution in [0.15, 0.2) is 128 Å². The average molecular weight is 546 g/mol. The first kappa shape index (κ1) is 29.4. The first-order valence-electron chi connectivity index (χ1n) is 13.6. The quantitative estimate of drug-likeness (QED) is 0.177.